The lowest BCUT2D eigenvalue weighted by Crippen LogP contribution is -2.20. The van der Waals surface area contributed by atoms with Crippen molar-refractivity contribution in [3.63, 3.8) is 0 Å². The Morgan fingerprint density at radius 1 is 1.31 bits per heavy atom. The fraction of sp³-hybridized carbons (Fsp3) is 0.667. The van der Waals surface area contributed by atoms with Gasteiger partial charge in [-0.1, -0.05) is 29.5 Å². The van der Waals surface area contributed by atoms with E-state index in [9.17, 15) is 0 Å². The van der Waals surface area contributed by atoms with Gasteiger partial charge in [-0.05, 0) is 63.4 Å². The first kappa shape index (κ1) is 19.4. The van der Waals surface area contributed by atoms with Gasteiger partial charge in [0.25, 0.3) is 0 Å². The Bertz CT molecular complexity index is 673. The van der Waals surface area contributed by atoms with Crippen molar-refractivity contribution in [1.29, 1.82) is 0 Å². The van der Waals surface area contributed by atoms with E-state index < -0.39 is 0 Å². The fourth-order valence-corrected chi connectivity index (χ4v) is 5.61. The van der Waals surface area contributed by atoms with E-state index in [1.807, 2.05) is 0 Å². The van der Waals surface area contributed by atoms with Crippen LogP contribution in [-0.4, -0.2) is 27.8 Å². The van der Waals surface area contributed by atoms with Crippen molar-refractivity contribution in [3.05, 3.63) is 16.3 Å². The van der Waals surface area contributed by atoms with Crippen LogP contribution in [0.15, 0.2) is 21.4 Å². The second kappa shape index (κ2) is 9.50. The van der Waals surface area contributed by atoms with Crippen LogP contribution in [0.4, 0.5) is 5.13 Å². The molecule has 2 unspecified atom stereocenters. The van der Waals surface area contributed by atoms with Crippen LogP contribution in [0.1, 0.15) is 69.2 Å². The van der Waals surface area contributed by atoms with Crippen LogP contribution in [0.5, 0.6) is 0 Å². The molecule has 142 valence electrons. The number of hydrogen-bond acceptors (Lipinski definition) is 7. The molecule has 1 heterocycles. The zero-order valence-electron chi connectivity index (χ0n) is 15.4. The highest BCUT2D eigenvalue weighted by atomic mass is 32.2. The summed E-state index contributed by atoms with van der Waals surface area (Å²) in [5.74, 6) is 2.19. The molecule has 0 aliphatic heterocycles. The maximum Gasteiger partial charge on any atom is 0.203 e. The second-order valence-corrected chi connectivity index (χ2v) is 9.15. The Kier molecular flexibility index (Phi) is 7.07. The highest BCUT2D eigenvalue weighted by Gasteiger charge is 2.26. The van der Waals surface area contributed by atoms with Crippen LogP contribution in [0.25, 0.3) is 0 Å². The van der Waals surface area contributed by atoms with Gasteiger partial charge in [-0.15, -0.1) is 10.2 Å². The van der Waals surface area contributed by atoms with Gasteiger partial charge in [-0.2, -0.15) is 5.10 Å². The van der Waals surface area contributed by atoms with Gasteiger partial charge in [0, 0.05) is 24.1 Å². The van der Waals surface area contributed by atoms with Crippen molar-refractivity contribution in [3.8, 4) is 0 Å². The van der Waals surface area contributed by atoms with Crippen molar-refractivity contribution in [2.75, 3.05) is 11.5 Å². The molecule has 6 nitrogen and oxygen atoms in total. The molecule has 0 spiro atoms. The number of nitrogens with zero attached hydrogens (tertiary/aromatic N) is 4. The Morgan fingerprint density at radius 2 is 2.12 bits per heavy atom. The third-order valence-electron chi connectivity index (χ3n) is 5.21. The summed E-state index contributed by atoms with van der Waals surface area (Å²) in [6.45, 7) is 5.67. The molecule has 1 aromatic heterocycles. The number of nitrogens with one attached hydrogen (secondary N) is 1. The van der Waals surface area contributed by atoms with Crippen LogP contribution in [0.2, 0.25) is 0 Å². The maximum atomic E-state index is 5.75. The number of allylic oxidation sites excluding steroid dienone is 2. The van der Waals surface area contributed by atoms with Crippen molar-refractivity contribution in [2.24, 2.45) is 16.0 Å². The number of aliphatic imine (C=N–C) groups is 1. The lowest BCUT2D eigenvalue weighted by molar-refractivity contribution is 0.347. The lowest BCUT2D eigenvalue weighted by Gasteiger charge is -2.27. The predicted octanol–water partition coefficient (Wildman–Crippen LogP) is 4.54. The second-order valence-electron chi connectivity index (χ2n) is 7.10. The summed E-state index contributed by atoms with van der Waals surface area (Å²) >= 11 is 3.29. The maximum absolute atomic E-state index is 5.75. The van der Waals surface area contributed by atoms with E-state index in [1.54, 1.807) is 11.8 Å². The van der Waals surface area contributed by atoms with Gasteiger partial charge in [0.1, 0.15) is 5.01 Å². The molecule has 1 aromatic rings. The number of nitrogen functional groups attached to an aromatic ring is 1. The normalized spacial score (nSPS) is 23.9. The van der Waals surface area contributed by atoms with E-state index in [0.29, 0.717) is 17.0 Å². The minimum absolute atomic E-state index is 0.498. The molecule has 0 aromatic carbocycles. The molecule has 2 fully saturated rings. The number of anilines is 1. The minimum Gasteiger partial charge on any atom is -0.374 e. The zero-order chi connectivity index (χ0) is 18.4. The summed E-state index contributed by atoms with van der Waals surface area (Å²) in [4.78, 5) is 4.79. The monoisotopic (exact) mass is 392 g/mol. The molecule has 0 bridgehead atoms. The Hall–Kier alpha value is -1.41. The average molecular weight is 393 g/mol. The average Bonchev–Trinajstić information content (AvgIpc) is 3.32. The molecule has 3 N–H and O–H groups in total. The molecule has 2 aliphatic carbocycles. The first-order valence-corrected chi connectivity index (χ1v) is 11.2. The first-order chi connectivity index (χ1) is 12.7. The molecule has 0 saturated heterocycles. The summed E-state index contributed by atoms with van der Waals surface area (Å²) in [7, 11) is 0. The molecule has 2 atom stereocenters. The number of amidine groups is 1. The number of thioether (sulfide) groups is 1. The number of hydrazone groups is 1. The standard InChI is InChI=1S/C18H28N6S2/c1-12(14-7-3-4-8-14)21-18(24-20-2)25-11-13-6-5-9-15(10-13)16-22-23-17(19)26-16/h13,15H,2-11H2,1H3,(H2,19,23)(H,21,24). The van der Waals surface area contributed by atoms with Crippen molar-refractivity contribution in [1.82, 2.24) is 15.6 Å². The molecular formula is C18H28N6S2. The molecule has 3 rings (SSSR count). The van der Waals surface area contributed by atoms with Crippen LogP contribution in [0, 0.1) is 5.92 Å². The smallest absolute Gasteiger partial charge is 0.203 e. The topological polar surface area (TPSA) is 88.5 Å². The van der Waals surface area contributed by atoms with Gasteiger partial charge < -0.3 is 5.73 Å². The summed E-state index contributed by atoms with van der Waals surface area (Å²) in [5, 5.41) is 14.6. The molecule has 26 heavy (non-hydrogen) atoms. The fourth-order valence-electron chi connectivity index (χ4n) is 3.83. The summed E-state index contributed by atoms with van der Waals surface area (Å²) in [5.41, 5.74) is 11.4. The van der Waals surface area contributed by atoms with Gasteiger partial charge in [0.2, 0.25) is 5.13 Å². The summed E-state index contributed by atoms with van der Waals surface area (Å²) in [6.07, 6.45) is 9.78. The SMILES string of the molecule is C=NNC(=NC(C)=C1CCCC1)SCC1CCCC(c2nnc(N)s2)C1. The van der Waals surface area contributed by atoms with E-state index >= 15 is 0 Å². The molecule has 8 heteroatoms. The van der Waals surface area contributed by atoms with Gasteiger partial charge in [0.05, 0.1) is 0 Å². The van der Waals surface area contributed by atoms with Crippen LogP contribution in [0.3, 0.4) is 0 Å². The first-order valence-electron chi connectivity index (χ1n) is 9.36. The quantitative estimate of drug-likeness (QED) is 0.436. The summed E-state index contributed by atoms with van der Waals surface area (Å²) < 4.78 is 0. The number of aromatic nitrogens is 2. The highest BCUT2D eigenvalue weighted by molar-refractivity contribution is 8.13. The molecular weight excluding hydrogens is 364 g/mol. The van der Waals surface area contributed by atoms with E-state index in [2.05, 4.69) is 34.4 Å². The number of rotatable bonds is 5. The molecule has 2 saturated carbocycles. The van der Waals surface area contributed by atoms with E-state index in [4.69, 9.17) is 10.7 Å². The zero-order valence-corrected chi connectivity index (χ0v) is 17.0. The Labute approximate surface area is 163 Å². The Morgan fingerprint density at radius 3 is 2.81 bits per heavy atom. The van der Waals surface area contributed by atoms with Crippen LogP contribution in [-0.2, 0) is 0 Å². The van der Waals surface area contributed by atoms with Gasteiger partial charge in [-0.25, -0.2) is 4.99 Å². The van der Waals surface area contributed by atoms with Gasteiger partial charge in [0.15, 0.2) is 5.17 Å². The third-order valence-corrected chi connectivity index (χ3v) is 7.22. The van der Waals surface area contributed by atoms with Crippen molar-refractivity contribution < 1.29 is 0 Å². The van der Waals surface area contributed by atoms with E-state index in [0.717, 1.165) is 28.0 Å². The van der Waals surface area contributed by atoms with Gasteiger partial charge in [-0.3, -0.25) is 5.43 Å². The third kappa shape index (κ3) is 5.30. The molecule has 0 radical (unpaired) electrons. The Balaban J connectivity index is 1.58. The van der Waals surface area contributed by atoms with Crippen molar-refractivity contribution in [2.45, 2.75) is 64.2 Å². The molecule has 0 amide bonds. The number of hydrogen-bond donors (Lipinski definition) is 2. The van der Waals surface area contributed by atoms with Crippen LogP contribution < -0.4 is 11.2 Å². The lowest BCUT2D eigenvalue weighted by atomic mass is 9.83. The number of nitrogens with two attached hydrogens (primary N) is 1. The van der Waals surface area contributed by atoms with E-state index in [-0.39, 0.29) is 0 Å². The van der Waals surface area contributed by atoms with Gasteiger partial charge >= 0.3 is 0 Å². The largest absolute Gasteiger partial charge is 0.374 e. The van der Waals surface area contributed by atoms with E-state index in [1.165, 1.54) is 61.9 Å². The molecule has 2 aliphatic rings. The summed E-state index contributed by atoms with van der Waals surface area (Å²) in [6, 6.07) is 0. The van der Waals surface area contributed by atoms with Crippen molar-refractivity contribution >= 4 is 40.1 Å². The highest BCUT2D eigenvalue weighted by Crippen LogP contribution is 2.39. The van der Waals surface area contributed by atoms with Crippen LogP contribution >= 0.6 is 23.1 Å². The minimum atomic E-state index is 0.498. The predicted molar refractivity (Wildman–Crippen MR) is 113 cm³/mol.